The Morgan fingerprint density at radius 2 is 1.72 bits per heavy atom. The van der Waals surface area contributed by atoms with Crippen molar-refractivity contribution in [1.29, 1.82) is 0 Å². The Kier molecular flexibility index (Phi) is 9.38. The SMILES string of the molecule is CCOC(=O)C1=C(C)N(c2ccc(OCC)cc2)C(=O)/C1=C\c1ccc(OCC(=O)NC[C@@H]2CCCO2)cc1. The van der Waals surface area contributed by atoms with Gasteiger partial charge in [0.1, 0.15) is 11.5 Å². The van der Waals surface area contributed by atoms with Crippen LogP contribution in [0.4, 0.5) is 5.69 Å². The number of benzene rings is 2. The lowest BCUT2D eigenvalue weighted by Gasteiger charge is -2.18. The molecule has 0 saturated carbocycles. The molecule has 1 N–H and O–H groups in total. The molecule has 4 rings (SSSR count). The number of anilines is 1. The van der Waals surface area contributed by atoms with E-state index in [0.29, 0.717) is 41.6 Å². The van der Waals surface area contributed by atoms with Crippen LogP contribution in [-0.2, 0) is 23.9 Å². The van der Waals surface area contributed by atoms with E-state index in [0.717, 1.165) is 19.4 Å². The predicted molar refractivity (Wildman–Crippen MR) is 146 cm³/mol. The van der Waals surface area contributed by atoms with Gasteiger partial charge < -0.3 is 24.3 Å². The fourth-order valence-corrected chi connectivity index (χ4v) is 4.51. The summed E-state index contributed by atoms with van der Waals surface area (Å²) in [4.78, 5) is 40.0. The molecular formula is C30H34N2O7. The van der Waals surface area contributed by atoms with Crippen molar-refractivity contribution in [3.8, 4) is 11.5 Å². The molecular weight excluding hydrogens is 500 g/mol. The van der Waals surface area contributed by atoms with Crippen molar-refractivity contribution in [1.82, 2.24) is 5.32 Å². The summed E-state index contributed by atoms with van der Waals surface area (Å²) in [5.74, 6) is 0.0938. The highest BCUT2D eigenvalue weighted by Crippen LogP contribution is 2.36. The minimum absolute atomic E-state index is 0.0714. The minimum atomic E-state index is -0.558. The number of amides is 2. The van der Waals surface area contributed by atoms with E-state index in [2.05, 4.69) is 5.32 Å². The number of hydrogen-bond donors (Lipinski definition) is 1. The Hall–Kier alpha value is -4.11. The van der Waals surface area contributed by atoms with Crippen LogP contribution in [0.5, 0.6) is 11.5 Å². The molecule has 2 aliphatic heterocycles. The van der Waals surface area contributed by atoms with Gasteiger partial charge in [-0.3, -0.25) is 14.5 Å². The van der Waals surface area contributed by atoms with E-state index in [9.17, 15) is 14.4 Å². The highest BCUT2D eigenvalue weighted by atomic mass is 16.5. The second kappa shape index (κ2) is 13.1. The molecule has 39 heavy (non-hydrogen) atoms. The van der Waals surface area contributed by atoms with Gasteiger partial charge in [-0.2, -0.15) is 0 Å². The molecule has 1 fully saturated rings. The zero-order valence-electron chi connectivity index (χ0n) is 22.5. The van der Waals surface area contributed by atoms with Crippen LogP contribution in [0, 0.1) is 0 Å². The number of ether oxygens (including phenoxy) is 4. The Balaban J connectivity index is 1.48. The van der Waals surface area contributed by atoms with Gasteiger partial charge in [0.2, 0.25) is 0 Å². The van der Waals surface area contributed by atoms with Crippen LogP contribution >= 0.6 is 0 Å². The second-order valence-corrected chi connectivity index (χ2v) is 9.10. The largest absolute Gasteiger partial charge is 0.494 e. The van der Waals surface area contributed by atoms with Gasteiger partial charge in [0, 0.05) is 24.5 Å². The van der Waals surface area contributed by atoms with Crippen molar-refractivity contribution in [3.63, 3.8) is 0 Å². The molecule has 2 aromatic rings. The number of allylic oxidation sites excluding steroid dienone is 1. The smallest absolute Gasteiger partial charge is 0.340 e. The van der Waals surface area contributed by atoms with Crippen molar-refractivity contribution in [2.75, 3.05) is 37.9 Å². The molecule has 1 atom stereocenters. The molecule has 0 aliphatic carbocycles. The van der Waals surface area contributed by atoms with Crippen molar-refractivity contribution < 1.29 is 33.3 Å². The summed E-state index contributed by atoms with van der Waals surface area (Å²) in [5.41, 5.74) is 2.26. The summed E-state index contributed by atoms with van der Waals surface area (Å²) >= 11 is 0. The van der Waals surface area contributed by atoms with E-state index in [-0.39, 0.29) is 42.3 Å². The second-order valence-electron chi connectivity index (χ2n) is 9.10. The summed E-state index contributed by atoms with van der Waals surface area (Å²) in [6.45, 7) is 7.17. The van der Waals surface area contributed by atoms with Crippen LogP contribution in [0.25, 0.3) is 6.08 Å². The molecule has 2 heterocycles. The Labute approximate surface area is 228 Å². The van der Waals surface area contributed by atoms with Crippen molar-refractivity contribution in [3.05, 3.63) is 70.9 Å². The molecule has 0 radical (unpaired) electrons. The van der Waals surface area contributed by atoms with Crippen molar-refractivity contribution in [2.24, 2.45) is 0 Å². The molecule has 0 spiro atoms. The lowest BCUT2D eigenvalue weighted by Crippen LogP contribution is -2.35. The number of carbonyl (C=O) groups is 3. The van der Waals surface area contributed by atoms with Gasteiger partial charge in [-0.05, 0) is 81.7 Å². The minimum Gasteiger partial charge on any atom is -0.494 e. The molecule has 0 unspecified atom stereocenters. The van der Waals surface area contributed by atoms with E-state index >= 15 is 0 Å². The average molecular weight is 535 g/mol. The van der Waals surface area contributed by atoms with Crippen LogP contribution in [0.1, 0.15) is 39.2 Å². The van der Waals surface area contributed by atoms with Crippen LogP contribution < -0.4 is 19.7 Å². The van der Waals surface area contributed by atoms with Gasteiger partial charge in [-0.15, -0.1) is 0 Å². The average Bonchev–Trinajstić information content (AvgIpc) is 3.54. The van der Waals surface area contributed by atoms with Gasteiger partial charge in [-0.25, -0.2) is 4.79 Å². The van der Waals surface area contributed by atoms with Gasteiger partial charge in [-0.1, -0.05) is 12.1 Å². The first-order chi connectivity index (χ1) is 18.9. The standard InChI is InChI=1S/C30H34N2O7/c1-4-36-23-14-10-22(11-15-23)32-20(3)28(30(35)37-5-2)26(29(32)34)17-21-8-12-24(13-9-21)39-19-27(33)31-18-25-7-6-16-38-25/h8-15,17,25H,4-7,16,18-19H2,1-3H3,(H,31,33)/b26-17-/t25-/m0/s1. The zero-order chi connectivity index (χ0) is 27.8. The van der Waals surface area contributed by atoms with Gasteiger partial charge in [0.25, 0.3) is 11.8 Å². The molecule has 9 heteroatoms. The Bertz CT molecular complexity index is 1240. The summed E-state index contributed by atoms with van der Waals surface area (Å²) in [6.07, 6.45) is 3.69. The Morgan fingerprint density at radius 3 is 2.36 bits per heavy atom. The molecule has 2 aromatic carbocycles. The van der Waals surface area contributed by atoms with Crippen LogP contribution in [-0.4, -0.2) is 56.9 Å². The highest BCUT2D eigenvalue weighted by molar-refractivity contribution is 6.23. The number of carbonyl (C=O) groups excluding carboxylic acids is 3. The van der Waals surface area contributed by atoms with E-state index in [4.69, 9.17) is 18.9 Å². The third-order valence-corrected chi connectivity index (χ3v) is 6.40. The Morgan fingerprint density at radius 1 is 1.03 bits per heavy atom. The van der Waals surface area contributed by atoms with Crippen LogP contribution in [0.2, 0.25) is 0 Å². The molecule has 206 valence electrons. The highest BCUT2D eigenvalue weighted by Gasteiger charge is 2.38. The third kappa shape index (κ3) is 6.86. The first kappa shape index (κ1) is 27.9. The van der Waals surface area contributed by atoms with Crippen LogP contribution in [0.15, 0.2) is 65.4 Å². The van der Waals surface area contributed by atoms with E-state index < -0.39 is 5.97 Å². The van der Waals surface area contributed by atoms with Crippen molar-refractivity contribution >= 4 is 29.5 Å². The zero-order valence-corrected chi connectivity index (χ0v) is 22.5. The number of nitrogens with one attached hydrogen (secondary N) is 1. The summed E-state index contributed by atoms with van der Waals surface area (Å²) in [7, 11) is 0. The summed E-state index contributed by atoms with van der Waals surface area (Å²) < 4.78 is 21.9. The number of nitrogens with zero attached hydrogens (tertiary/aromatic N) is 1. The van der Waals surface area contributed by atoms with Gasteiger partial charge in [0.05, 0.1) is 30.5 Å². The molecule has 9 nitrogen and oxygen atoms in total. The van der Waals surface area contributed by atoms with E-state index in [1.54, 1.807) is 68.5 Å². The maximum Gasteiger partial charge on any atom is 0.340 e. The van der Waals surface area contributed by atoms with E-state index in [1.165, 1.54) is 4.90 Å². The predicted octanol–water partition coefficient (Wildman–Crippen LogP) is 4.03. The number of rotatable bonds is 11. The molecule has 1 saturated heterocycles. The van der Waals surface area contributed by atoms with Crippen molar-refractivity contribution in [2.45, 2.75) is 39.7 Å². The van der Waals surface area contributed by atoms with Crippen LogP contribution in [0.3, 0.4) is 0 Å². The lowest BCUT2D eigenvalue weighted by atomic mass is 10.0. The first-order valence-corrected chi connectivity index (χ1v) is 13.2. The molecule has 0 bridgehead atoms. The number of hydrogen-bond acceptors (Lipinski definition) is 7. The monoisotopic (exact) mass is 534 g/mol. The van der Waals surface area contributed by atoms with Gasteiger partial charge >= 0.3 is 5.97 Å². The first-order valence-electron chi connectivity index (χ1n) is 13.2. The fourth-order valence-electron chi connectivity index (χ4n) is 4.51. The third-order valence-electron chi connectivity index (χ3n) is 6.40. The fraction of sp³-hybridized carbons (Fsp3) is 0.367. The lowest BCUT2D eigenvalue weighted by molar-refractivity contribution is -0.138. The topological polar surface area (TPSA) is 103 Å². The normalized spacial score (nSPS) is 18.0. The molecule has 2 aliphatic rings. The summed E-state index contributed by atoms with van der Waals surface area (Å²) in [5, 5.41) is 2.82. The molecule has 0 aromatic heterocycles. The quantitative estimate of drug-likeness (QED) is 0.343. The number of esters is 1. The summed E-state index contributed by atoms with van der Waals surface area (Å²) in [6, 6.07) is 14.1. The van der Waals surface area contributed by atoms with Gasteiger partial charge in [0.15, 0.2) is 6.61 Å². The maximum atomic E-state index is 13.6. The maximum absolute atomic E-state index is 13.6. The molecule has 2 amide bonds. The van der Waals surface area contributed by atoms with E-state index in [1.807, 2.05) is 6.92 Å².